The lowest BCUT2D eigenvalue weighted by Crippen LogP contribution is -2.38. The summed E-state index contributed by atoms with van der Waals surface area (Å²) < 4.78 is 0. The van der Waals surface area contributed by atoms with E-state index in [9.17, 15) is 14.9 Å². The molecule has 1 N–H and O–H groups in total. The molecule has 126 valence electrons. The Labute approximate surface area is 147 Å². The first-order valence-corrected chi connectivity index (χ1v) is 8.64. The molecule has 0 radical (unpaired) electrons. The van der Waals surface area contributed by atoms with Gasteiger partial charge in [-0.2, -0.15) is 0 Å². The standard InChI is InChI=1S/C15H15ClN4O3S/c16-11-2-1-3-12(8-11)19-6-4-10(5-7-19)14(21)18-15-17-9-13(24-15)20(22)23/h1-3,8-10H,4-7H2,(H,17,18,21). The Bertz CT molecular complexity index is 759. The Kier molecular flexibility index (Phi) is 4.96. The van der Waals surface area contributed by atoms with Crippen LogP contribution in [0.5, 0.6) is 0 Å². The lowest BCUT2D eigenvalue weighted by molar-refractivity contribution is -0.380. The number of aromatic nitrogens is 1. The van der Waals surface area contributed by atoms with Crippen molar-refractivity contribution in [2.75, 3.05) is 23.3 Å². The number of rotatable bonds is 4. The van der Waals surface area contributed by atoms with Crippen LogP contribution in [0, 0.1) is 16.0 Å². The van der Waals surface area contributed by atoms with Crippen LogP contribution in [0.4, 0.5) is 15.8 Å². The quantitative estimate of drug-likeness (QED) is 0.660. The molecule has 0 spiro atoms. The average Bonchev–Trinajstić information content (AvgIpc) is 3.04. The molecular weight excluding hydrogens is 352 g/mol. The SMILES string of the molecule is O=C(Nc1ncc([N+](=O)[O-])s1)C1CCN(c2cccc(Cl)c2)CC1. The molecular formula is C15H15ClN4O3S. The third-order valence-corrected chi connectivity index (χ3v) is 5.04. The van der Waals surface area contributed by atoms with Crippen LogP contribution < -0.4 is 10.2 Å². The van der Waals surface area contributed by atoms with Crippen LogP contribution in [0.1, 0.15) is 12.8 Å². The summed E-state index contributed by atoms with van der Waals surface area (Å²) in [6.07, 6.45) is 2.58. The second kappa shape index (κ2) is 7.14. The van der Waals surface area contributed by atoms with Crippen molar-refractivity contribution in [3.8, 4) is 0 Å². The number of amides is 1. The van der Waals surface area contributed by atoms with Gasteiger partial charge in [-0.1, -0.05) is 17.7 Å². The Balaban J connectivity index is 1.55. The first-order valence-electron chi connectivity index (χ1n) is 7.44. The monoisotopic (exact) mass is 366 g/mol. The van der Waals surface area contributed by atoms with E-state index < -0.39 is 4.92 Å². The maximum absolute atomic E-state index is 12.3. The lowest BCUT2D eigenvalue weighted by atomic mass is 9.95. The number of nitrogens with one attached hydrogen (secondary N) is 1. The zero-order chi connectivity index (χ0) is 17.1. The highest BCUT2D eigenvalue weighted by Crippen LogP contribution is 2.28. The molecule has 0 aliphatic carbocycles. The summed E-state index contributed by atoms with van der Waals surface area (Å²) in [4.78, 5) is 28.5. The van der Waals surface area contributed by atoms with Gasteiger partial charge in [0.1, 0.15) is 6.20 Å². The van der Waals surface area contributed by atoms with E-state index in [-0.39, 0.29) is 22.0 Å². The van der Waals surface area contributed by atoms with Crippen LogP contribution in [0.3, 0.4) is 0 Å². The number of nitrogens with zero attached hydrogens (tertiary/aromatic N) is 3. The second-order valence-corrected chi connectivity index (χ2v) is 6.94. The van der Waals surface area contributed by atoms with Gasteiger partial charge in [-0.25, -0.2) is 4.98 Å². The molecule has 0 bridgehead atoms. The van der Waals surface area contributed by atoms with Crippen molar-refractivity contribution in [3.05, 3.63) is 45.6 Å². The van der Waals surface area contributed by atoms with E-state index in [4.69, 9.17) is 11.6 Å². The summed E-state index contributed by atoms with van der Waals surface area (Å²) in [5, 5.41) is 14.2. The smallest absolute Gasteiger partial charge is 0.345 e. The molecule has 2 aromatic rings. The maximum atomic E-state index is 12.3. The van der Waals surface area contributed by atoms with Crippen molar-refractivity contribution >= 4 is 44.7 Å². The summed E-state index contributed by atoms with van der Waals surface area (Å²) in [5.41, 5.74) is 1.05. The van der Waals surface area contributed by atoms with E-state index in [1.807, 2.05) is 24.3 Å². The van der Waals surface area contributed by atoms with Crippen molar-refractivity contribution in [1.29, 1.82) is 0 Å². The number of carbonyl (C=O) groups excluding carboxylic acids is 1. The Hall–Kier alpha value is -2.19. The van der Waals surface area contributed by atoms with Crippen molar-refractivity contribution in [2.24, 2.45) is 5.92 Å². The van der Waals surface area contributed by atoms with E-state index >= 15 is 0 Å². The molecule has 1 amide bonds. The highest BCUT2D eigenvalue weighted by atomic mass is 35.5. The predicted octanol–water partition coefficient (Wildman–Crippen LogP) is 3.56. The van der Waals surface area contributed by atoms with Gasteiger partial charge in [0.05, 0.1) is 4.92 Å². The van der Waals surface area contributed by atoms with Gasteiger partial charge in [0.25, 0.3) is 0 Å². The van der Waals surface area contributed by atoms with Gasteiger partial charge in [-0.3, -0.25) is 14.9 Å². The Morgan fingerprint density at radius 1 is 1.42 bits per heavy atom. The van der Waals surface area contributed by atoms with E-state index in [2.05, 4.69) is 15.2 Å². The van der Waals surface area contributed by atoms with E-state index in [1.54, 1.807) is 0 Å². The highest BCUT2D eigenvalue weighted by molar-refractivity contribution is 7.18. The molecule has 0 saturated carbocycles. The van der Waals surface area contributed by atoms with Gasteiger partial charge >= 0.3 is 5.00 Å². The molecule has 1 aromatic heterocycles. The fourth-order valence-electron chi connectivity index (χ4n) is 2.69. The normalized spacial score (nSPS) is 15.3. The fraction of sp³-hybridized carbons (Fsp3) is 0.333. The number of benzene rings is 1. The summed E-state index contributed by atoms with van der Waals surface area (Å²) in [5.74, 6) is -0.256. The highest BCUT2D eigenvalue weighted by Gasteiger charge is 2.26. The van der Waals surface area contributed by atoms with Crippen molar-refractivity contribution in [2.45, 2.75) is 12.8 Å². The third-order valence-electron chi connectivity index (χ3n) is 3.94. The summed E-state index contributed by atoms with van der Waals surface area (Å²) in [7, 11) is 0. The molecule has 1 aliphatic heterocycles. The van der Waals surface area contributed by atoms with Crippen LogP contribution >= 0.6 is 22.9 Å². The minimum atomic E-state index is -0.517. The van der Waals surface area contributed by atoms with Gasteiger partial charge in [-0.15, -0.1) is 0 Å². The zero-order valence-electron chi connectivity index (χ0n) is 12.6. The molecule has 24 heavy (non-hydrogen) atoms. The molecule has 9 heteroatoms. The van der Waals surface area contributed by atoms with Crippen molar-refractivity contribution < 1.29 is 9.72 Å². The van der Waals surface area contributed by atoms with Crippen molar-refractivity contribution in [1.82, 2.24) is 4.98 Å². The number of thiazole rings is 1. The van der Waals surface area contributed by atoms with Crippen LogP contribution in [-0.2, 0) is 4.79 Å². The molecule has 0 unspecified atom stereocenters. The molecule has 1 aromatic carbocycles. The molecule has 0 atom stereocenters. The third kappa shape index (κ3) is 3.82. The van der Waals surface area contributed by atoms with Gasteiger partial charge in [-0.05, 0) is 42.4 Å². The van der Waals surface area contributed by atoms with E-state index in [0.29, 0.717) is 17.9 Å². The number of carbonyl (C=O) groups is 1. The Morgan fingerprint density at radius 2 is 2.17 bits per heavy atom. The molecule has 2 heterocycles. The second-order valence-electron chi connectivity index (χ2n) is 5.49. The number of anilines is 2. The fourth-order valence-corrected chi connectivity index (χ4v) is 3.51. The zero-order valence-corrected chi connectivity index (χ0v) is 14.2. The van der Waals surface area contributed by atoms with Crippen LogP contribution in [0.25, 0.3) is 0 Å². The largest absolute Gasteiger partial charge is 0.371 e. The molecule has 1 saturated heterocycles. The number of hydrogen-bond acceptors (Lipinski definition) is 6. The summed E-state index contributed by atoms with van der Waals surface area (Å²) >= 11 is 6.88. The number of hydrogen-bond donors (Lipinski definition) is 1. The predicted molar refractivity (Wildman–Crippen MR) is 93.8 cm³/mol. The minimum absolute atomic E-state index is 0.0823. The minimum Gasteiger partial charge on any atom is -0.371 e. The average molecular weight is 367 g/mol. The Morgan fingerprint density at radius 3 is 2.79 bits per heavy atom. The van der Waals surface area contributed by atoms with E-state index in [1.165, 1.54) is 0 Å². The lowest BCUT2D eigenvalue weighted by Gasteiger charge is -2.32. The molecule has 7 nitrogen and oxygen atoms in total. The first-order chi connectivity index (χ1) is 11.5. The van der Waals surface area contributed by atoms with Gasteiger partial charge < -0.3 is 10.2 Å². The molecule has 1 fully saturated rings. The number of nitro groups is 1. The molecule has 1 aliphatic rings. The van der Waals surface area contributed by atoms with Crippen LogP contribution in [-0.4, -0.2) is 28.9 Å². The van der Waals surface area contributed by atoms with Crippen LogP contribution in [0.15, 0.2) is 30.5 Å². The van der Waals surface area contributed by atoms with Gasteiger partial charge in [0.15, 0.2) is 5.13 Å². The van der Waals surface area contributed by atoms with Crippen LogP contribution in [0.2, 0.25) is 5.02 Å². The summed E-state index contributed by atoms with van der Waals surface area (Å²) in [6, 6.07) is 7.65. The van der Waals surface area contributed by atoms with Gasteiger partial charge in [0, 0.05) is 29.7 Å². The van der Waals surface area contributed by atoms with Crippen molar-refractivity contribution in [3.63, 3.8) is 0 Å². The maximum Gasteiger partial charge on any atom is 0.345 e. The first kappa shape index (κ1) is 16.7. The van der Waals surface area contributed by atoms with Gasteiger partial charge in [0.2, 0.25) is 5.91 Å². The number of halogens is 1. The number of piperidine rings is 1. The molecule has 3 rings (SSSR count). The topological polar surface area (TPSA) is 88.4 Å². The van der Waals surface area contributed by atoms with E-state index in [0.717, 1.165) is 36.3 Å². The summed E-state index contributed by atoms with van der Waals surface area (Å²) in [6.45, 7) is 1.52.